The maximum atomic E-state index is 13.5. The molecule has 0 spiro atoms. The highest BCUT2D eigenvalue weighted by molar-refractivity contribution is 5.85. The molecule has 2 aromatic heterocycles. The summed E-state index contributed by atoms with van der Waals surface area (Å²) in [6.45, 7) is 4.23. The van der Waals surface area contributed by atoms with Crippen LogP contribution in [0.4, 0.5) is 17.6 Å². The van der Waals surface area contributed by atoms with Gasteiger partial charge < -0.3 is 19.8 Å². The number of nitrogens with one attached hydrogen (secondary N) is 2. The predicted octanol–water partition coefficient (Wildman–Crippen LogP) is 5.44. The quantitative estimate of drug-likeness (QED) is 0.281. The number of nitrogens with zero attached hydrogens (tertiary/aromatic N) is 2. The van der Waals surface area contributed by atoms with E-state index in [0.29, 0.717) is 49.7 Å². The lowest BCUT2D eigenvalue weighted by molar-refractivity contribution is -0.150. The van der Waals surface area contributed by atoms with Gasteiger partial charge in [0, 0.05) is 47.5 Å². The first-order valence-corrected chi connectivity index (χ1v) is 12.2. The van der Waals surface area contributed by atoms with Crippen molar-refractivity contribution in [2.24, 2.45) is 0 Å². The van der Waals surface area contributed by atoms with E-state index in [-0.39, 0.29) is 13.2 Å². The van der Waals surface area contributed by atoms with Crippen LogP contribution in [-0.4, -0.2) is 67.6 Å². The van der Waals surface area contributed by atoms with Crippen LogP contribution in [0, 0.1) is 0 Å². The maximum Gasteiger partial charge on any atom is 0.401 e. The number of aromatic amines is 1. The molecule has 0 bridgehead atoms. The molecule has 36 heavy (non-hydrogen) atoms. The third-order valence-electron chi connectivity index (χ3n) is 5.92. The summed E-state index contributed by atoms with van der Waals surface area (Å²) >= 11 is 0. The summed E-state index contributed by atoms with van der Waals surface area (Å²) in [6.07, 6.45) is -1.87. The Morgan fingerprint density at radius 2 is 1.97 bits per heavy atom. The zero-order valence-corrected chi connectivity index (χ0v) is 20.9. The Hall–Kier alpha value is -2.85. The van der Waals surface area contributed by atoms with Crippen molar-refractivity contribution in [3.05, 3.63) is 53.3 Å². The van der Waals surface area contributed by atoms with Crippen LogP contribution in [0.1, 0.15) is 43.1 Å². The fourth-order valence-corrected chi connectivity index (χ4v) is 4.48. The van der Waals surface area contributed by atoms with E-state index in [1.54, 1.807) is 6.07 Å². The van der Waals surface area contributed by atoms with Crippen LogP contribution in [0.2, 0.25) is 0 Å². The number of rotatable bonds is 10. The number of pyridine rings is 1. The number of para-hydroxylation sites is 1. The fraction of sp³-hybridized carbons (Fsp3) is 0.500. The van der Waals surface area contributed by atoms with Gasteiger partial charge in [-0.15, -0.1) is 0 Å². The molecule has 4 rings (SSSR count). The molecule has 1 unspecified atom stereocenters. The summed E-state index contributed by atoms with van der Waals surface area (Å²) in [7, 11) is 1.48. The minimum atomic E-state index is -4.35. The number of benzene rings is 1. The molecule has 0 saturated carbocycles. The first-order valence-electron chi connectivity index (χ1n) is 12.2. The van der Waals surface area contributed by atoms with Crippen molar-refractivity contribution in [3.63, 3.8) is 0 Å². The molecule has 0 saturated heterocycles. The first-order chi connectivity index (χ1) is 17.4. The molecule has 0 amide bonds. The van der Waals surface area contributed by atoms with Crippen LogP contribution < -0.4 is 14.8 Å². The summed E-state index contributed by atoms with van der Waals surface area (Å²) in [5.74, 6) is 0.710. The van der Waals surface area contributed by atoms with Crippen LogP contribution in [0.5, 0.6) is 11.6 Å². The molecule has 0 radical (unpaired) electrons. The van der Waals surface area contributed by atoms with Crippen LogP contribution in [-0.2, 0) is 6.42 Å². The highest BCUT2D eigenvalue weighted by Gasteiger charge is 2.40. The summed E-state index contributed by atoms with van der Waals surface area (Å²) in [6, 6.07) is 8.63. The third kappa shape index (κ3) is 6.67. The van der Waals surface area contributed by atoms with Gasteiger partial charge in [0.1, 0.15) is 12.4 Å². The monoisotopic (exact) mass is 510 g/mol. The Morgan fingerprint density at radius 3 is 2.69 bits per heavy atom. The zero-order valence-electron chi connectivity index (χ0n) is 20.9. The number of halogens is 4. The molecule has 3 heterocycles. The second-order valence-corrected chi connectivity index (χ2v) is 8.21. The standard InChI is InChI=1S/C24H28F4N4O2.C2H6/c1-33-20-13-21(34-12-10-29-9-4-8-25)30-14-18(20)23-22-17(7-11-32(23)15-24(26,27)28)16-5-2-3-6-19(16)31-22;1-2/h2-3,5-6,13-14,23,29,31H,4,7-12,15H2,1H3;1-2H3. The van der Waals surface area contributed by atoms with E-state index in [9.17, 15) is 17.6 Å². The molecular formula is C26H34F4N4O2. The van der Waals surface area contributed by atoms with Crippen molar-refractivity contribution in [3.8, 4) is 11.6 Å². The molecule has 6 nitrogen and oxygen atoms in total. The van der Waals surface area contributed by atoms with E-state index >= 15 is 0 Å². The van der Waals surface area contributed by atoms with Gasteiger partial charge in [-0.25, -0.2) is 4.98 Å². The molecule has 1 aliphatic rings. The lowest BCUT2D eigenvalue weighted by atomic mass is 9.92. The first kappa shape index (κ1) is 27.7. The lowest BCUT2D eigenvalue weighted by Gasteiger charge is -2.36. The van der Waals surface area contributed by atoms with Crippen molar-refractivity contribution in [1.82, 2.24) is 20.2 Å². The molecule has 1 aliphatic heterocycles. The largest absolute Gasteiger partial charge is 0.496 e. The summed E-state index contributed by atoms with van der Waals surface area (Å²) in [5.41, 5.74) is 3.16. The van der Waals surface area contributed by atoms with E-state index in [2.05, 4.69) is 15.3 Å². The van der Waals surface area contributed by atoms with Gasteiger partial charge in [0.15, 0.2) is 0 Å². The van der Waals surface area contributed by atoms with E-state index in [0.717, 1.165) is 22.2 Å². The Kier molecular flexibility index (Phi) is 9.95. The highest BCUT2D eigenvalue weighted by atomic mass is 19.4. The minimum absolute atomic E-state index is 0.255. The number of hydrogen-bond donors (Lipinski definition) is 2. The second kappa shape index (κ2) is 12.9. The van der Waals surface area contributed by atoms with Crippen LogP contribution in [0.15, 0.2) is 36.5 Å². The Balaban J connectivity index is 0.00000176. The van der Waals surface area contributed by atoms with Crippen molar-refractivity contribution in [2.45, 2.75) is 38.9 Å². The highest BCUT2D eigenvalue weighted by Crippen LogP contribution is 2.42. The van der Waals surface area contributed by atoms with E-state index < -0.39 is 18.8 Å². The number of H-pyrrole nitrogens is 1. The van der Waals surface area contributed by atoms with Gasteiger partial charge in [0.2, 0.25) is 5.88 Å². The van der Waals surface area contributed by atoms with Crippen molar-refractivity contribution in [2.75, 3.05) is 46.6 Å². The predicted molar refractivity (Wildman–Crippen MR) is 133 cm³/mol. The van der Waals surface area contributed by atoms with Crippen LogP contribution >= 0.6 is 0 Å². The molecule has 3 aromatic rings. The summed E-state index contributed by atoms with van der Waals surface area (Å²) in [4.78, 5) is 9.10. The number of hydrogen-bond acceptors (Lipinski definition) is 5. The van der Waals surface area contributed by atoms with Gasteiger partial charge in [-0.2, -0.15) is 13.2 Å². The average Bonchev–Trinajstić information content (AvgIpc) is 3.25. The summed E-state index contributed by atoms with van der Waals surface area (Å²) < 4.78 is 63.7. The van der Waals surface area contributed by atoms with Crippen molar-refractivity contribution >= 4 is 10.9 Å². The fourth-order valence-electron chi connectivity index (χ4n) is 4.48. The average molecular weight is 511 g/mol. The second-order valence-electron chi connectivity index (χ2n) is 8.21. The van der Waals surface area contributed by atoms with Gasteiger partial charge in [-0.1, -0.05) is 32.0 Å². The Labute approximate surface area is 209 Å². The van der Waals surface area contributed by atoms with Crippen LogP contribution in [0.25, 0.3) is 10.9 Å². The number of fused-ring (bicyclic) bond motifs is 3. The number of methoxy groups -OCH3 is 1. The SMILES string of the molecule is CC.COc1cc(OCCNCCCF)ncc1C1c2[nH]c3ccccc3c2CCN1CC(F)(F)F. The Morgan fingerprint density at radius 1 is 1.19 bits per heavy atom. The van der Waals surface area contributed by atoms with Gasteiger partial charge in [-0.3, -0.25) is 9.29 Å². The number of ether oxygens (including phenoxy) is 2. The van der Waals surface area contributed by atoms with Gasteiger partial charge in [0.05, 0.1) is 26.4 Å². The minimum Gasteiger partial charge on any atom is -0.496 e. The van der Waals surface area contributed by atoms with Gasteiger partial charge in [-0.05, 0) is 31.0 Å². The van der Waals surface area contributed by atoms with Crippen LogP contribution in [0.3, 0.4) is 0 Å². The Bertz CT molecular complexity index is 1100. The number of aromatic nitrogens is 2. The molecule has 198 valence electrons. The molecule has 10 heteroatoms. The lowest BCUT2D eigenvalue weighted by Crippen LogP contribution is -2.42. The molecule has 2 N–H and O–H groups in total. The molecule has 1 atom stereocenters. The normalized spacial score (nSPS) is 15.8. The molecule has 0 aliphatic carbocycles. The zero-order chi connectivity index (χ0) is 26.1. The van der Waals surface area contributed by atoms with E-state index in [1.165, 1.54) is 18.2 Å². The maximum absolute atomic E-state index is 13.5. The molecular weight excluding hydrogens is 476 g/mol. The molecule has 1 aromatic carbocycles. The van der Waals surface area contributed by atoms with Gasteiger partial charge >= 0.3 is 6.18 Å². The molecule has 0 fully saturated rings. The van der Waals surface area contributed by atoms with Crippen molar-refractivity contribution in [1.29, 1.82) is 0 Å². The van der Waals surface area contributed by atoms with Gasteiger partial charge in [0.25, 0.3) is 0 Å². The summed E-state index contributed by atoms with van der Waals surface area (Å²) in [5, 5.41) is 4.07. The third-order valence-corrected chi connectivity index (χ3v) is 5.92. The van der Waals surface area contributed by atoms with E-state index in [4.69, 9.17) is 9.47 Å². The topological polar surface area (TPSA) is 62.4 Å². The smallest absolute Gasteiger partial charge is 0.401 e. The van der Waals surface area contributed by atoms with E-state index in [1.807, 2.05) is 38.1 Å². The number of alkyl halides is 4. The van der Waals surface area contributed by atoms with Crippen molar-refractivity contribution < 1.29 is 27.0 Å².